The number of amides is 1. The van der Waals surface area contributed by atoms with Gasteiger partial charge in [0.1, 0.15) is 12.4 Å². The van der Waals surface area contributed by atoms with Crippen molar-refractivity contribution in [2.75, 3.05) is 26.1 Å². The van der Waals surface area contributed by atoms with Gasteiger partial charge in [-0.05, 0) is 46.5 Å². The summed E-state index contributed by atoms with van der Waals surface area (Å²) in [5.41, 5.74) is -1.11. The quantitative estimate of drug-likeness (QED) is 0.247. The third kappa shape index (κ3) is 14.2. The second kappa shape index (κ2) is 12.0. The first-order valence-corrected chi connectivity index (χ1v) is 10.4. The molecule has 0 heterocycles. The van der Waals surface area contributed by atoms with Gasteiger partial charge in [-0.2, -0.15) is 8.42 Å². The van der Waals surface area contributed by atoms with Gasteiger partial charge < -0.3 is 14.8 Å². The average molecular weight is 410 g/mol. The molecule has 0 radical (unpaired) electrons. The van der Waals surface area contributed by atoms with Crippen LogP contribution in [0.2, 0.25) is 0 Å². The summed E-state index contributed by atoms with van der Waals surface area (Å²) in [6, 6.07) is 0. The summed E-state index contributed by atoms with van der Waals surface area (Å²) in [6.45, 7) is 4.59. The van der Waals surface area contributed by atoms with Crippen molar-refractivity contribution in [2.24, 2.45) is 5.92 Å². The van der Waals surface area contributed by atoms with Crippen LogP contribution in [0.3, 0.4) is 0 Å². The highest BCUT2D eigenvalue weighted by Gasteiger charge is 2.27. The molecular weight excluding hydrogens is 378 g/mol. The predicted octanol–water partition coefficient (Wildman–Crippen LogP) is 1.11. The van der Waals surface area contributed by atoms with Crippen LogP contribution in [0.4, 0.5) is 0 Å². The van der Waals surface area contributed by atoms with Crippen LogP contribution in [0.25, 0.3) is 0 Å². The van der Waals surface area contributed by atoms with E-state index >= 15 is 0 Å². The van der Waals surface area contributed by atoms with E-state index in [1.165, 1.54) is 27.9 Å². The van der Waals surface area contributed by atoms with Crippen molar-refractivity contribution in [3.8, 4) is 0 Å². The fourth-order valence-electron chi connectivity index (χ4n) is 2.63. The Labute approximate surface area is 160 Å². The summed E-state index contributed by atoms with van der Waals surface area (Å²) < 4.78 is 40.4. The number of rotatable bonds is 14. The van der Waals surface area contributed by atoms with Crippen molar-refractivity contribution in [3.05, 3.63) is 0 Å². The number of Topliss-reactive ketones (excluding diaryl/α,β-unsaturated/α-hetero) is 1. The lowest BCUT2D eigenvalue weighted by Crippen LogP contribution is -2.48. The molecule has 0 aliphatic rings. The fourth-order valence-corrected chi connectivity index (χ4v) is 3.61. The third-order valence-corrected chi connectivity index (χ3v) is 4.87. The molecule has 0 aromatic carbocycles. The van der Waals surface area contributed by atoms with E-state index in [9.17, 15) is 22.8 Å². The molecule has 9 nitrogen and oxygen atoms in total. The minimum atomic E-state index is -4.21. The summed E-state index contributed by atoms with van der Waals surface area (Å²) in [7, 11) is -2.81. The van der Waals surface area contributed by atoms with E-state index in [0.29, 0.717) is 25.7 Å². The number of nitrogens with one attached hydrogen (secondary N) is 1. The molecule has 0 saturated heterocycles. The van der Waals surface area contributed by atoms with Gasteiger partial charge in [-0.15, -0.1) is 0 Å². The van der Waals surface area contributed by atoms with Gasteiger partial charge in [-0.1, -0.05) is 0 Å². The lowest BCUT2D eigenvalue weighted by molar-refractivity contribution is -0.148. The van der Waals surface area contributed by atoms with Crippen molar-refractivity contribution < 1.29 is 36.8 Å². The maximum atomic E-state index is 12.0. The SMILES string of the molecule is COCC(=O)OCCCCC(CCC(=O)NC(C)(C)CS(=O)(=O)O)C(C)=O. The predicted molar refractivity (Wildman–Crippen MR) is 98.7 cm³/mol. The summed E-state index contributed by atoms with van der Waals surface area (Å²) in [4.78, 5) is 34.9. The van der Waals surface area contributed by atoms with Gasteiger partial charge in [0.05, 0.1) is 17.9 Å². The number of ketones is 1. The number of methoxy groups -OCH3 is 1. The van der Waals surface area contributed by atoms with Crippen molar-refractivity contribution in [1.82, 2.24) is 5.32 Å². The number of hydrogen-bond acceptors (Lipinski definition) is 7. The zero-order valence-electron chi connectivity index (χ0n) is 16.4. The van der Waals surface area contributed by atoms with Gasteiger partial charge in [0.25, 0.3) is 10.1 Å². The molecule has 10 heteroatoms. The van der Waals surface area contributed by atoms with Gasteiger partial charge in [-0.3, -0.25) is 14.1 Å². The average Bonchev–Trinajstić information content (AvgIpc) is 2.46. The van der Waals surface area contributed by atoms with Crippen molar-refractivity contribution in [2.45, 2.75) is 58.4 Å². The van der Waals surface area contributed by atoms with Crippen molar-refractivity contribution in [3.63, 3.8) is 0 Å². The number of esters is 1. The number of ether oxygens (including phenoxy) is 2. The van der Waals surface area contributed by atoms with E-state index in [0.717, 1.165) is 0 Å². The maximum absolute atomic E-state index is 12.0. The summed E-state index contributed by atoms with van der Waals surface area (Å²) in [6.07, 6.45) is 2.25. The normalized spacial score (nSPS) is 13.1. The Balaban J connectivity index is 4.26. The second-order valence-electron chi connectivity index (χ2n) is 7.15. The van der Waals surface area contributed by atoms with Gasteiger partial charge in [-0.25, -0.2) is 4.79 Å². The molecule has 0 aromatic heterocycles. The van der Waals surface area contributed by atoms with Crippen LogP contribution in [-0.4, -0.2) is 62.2 Å². The first-order chi connectivity index (χ1) is 12.4. The van der Waals surface area contributed by atoms with E-state index in [1.807, 2.05) is 0 Å². The zero-order chi connectivity index (χ0) is 21.1. The van der Waals surface area contributed by atoms with Crippen LogP contribution in [0, 0.1) is 5.92 Å². The van der Waals surface area contributed by atoms with E-state index in [1.54, 1.807) is 0 Å². The summed E-state index contributed by atoms with van der Waals surface area (Å²) in [5.74, 6) is -1.75. The Morgan fingerprint density at radius 3 is 2.30 bits per heavy atom. The Morgan fingerprint density at radius 1 is 1.15 bits per heavy atom. The van der Waals surface area contributed by atoms with Gasteiger partial charge in [0, 0.05) is 19.4 Å². The molecular formula is C17H31NO8S. The van der Waals surface area contributed by atoms with Crippen LogP contribution in [-0.2, 0) is 34.0 Å². The molecule has 0 rings (SSSR count). The van der Waals surface area contributed by atoms with Crippen molar-refractivity contribution >= 4 is 27.8 Å². The Morgan fingerprint density at radius 2 is 1.78 bits per heavy atom. The standard InChI is InChI=1S/C17H31NO8S/c1-13(19)14(7-5-6-10-26-16(21)11-25-4)8-9-15(20)18-17(2,3)12-27(22,23)24/h14H,5-12H2,1-4H3,(H,18,20)(H,22,23,24). The smallest absolute Gasteiger partial charge is 0.332 e. The molecule has 0 aliphatic carbocycles. The minimum Gasteiger partial charge on any atom is -0.464 e. The highest BCUT2D eigenvalue weighted by molar-refractivity contribution is 7.85. The zero-order valence-corrected chi connectivity index (χ0v) is 17.3. The molecule has 0 aromatic rings. The van der Waals surface area contributed by atoms with Crippen molar-refractivity contribution in [1.29, 1.82) is 0 Å². The molecule has 27 heavy (non-hydrogen) atoms. The third-order valence-electron chi connectivity index (χ3n) is 3.79. The van der Waals surface area contributed by atoms with Gasteiger partial charge in [0.2, 0.25) is 5.91 Å². The fraction of sp³-hybridized carbons (Fsp3) is 0.824. The molecule has 0 spiro atoms. The highest BCUT2D eigenvalue weighted by atomic mass is 32.2. The largest absolute Gasteiger partial charge is 0.464 e. The Hall–Kier alpha value is -1.52. The molecule has 0 saturated carbocycles. The summed E-state index contributed by atoms with van der Waals surface area (Å²) >= 11 is 0. The molecule has 158 valence electrons. The highest BCUT2D eigenvalue weighted by Crippen LogP contribution is 2.17. The molecule has 0 fully saturated rings. The summed E-state index contributed by atoms with van der Waals surface area (Å²) in [5, 5.41) is 2.55. The van der Waals surface area contributed by atoms with Crippen LogP contribution in [0.5, 0.6) is 0 Å². The van der Waals surface area contributed by atoms with Crippen LogP contribution >= 0.6 is 0 Å². The molecule has 0 bridgehead atoms. The number of unbranched alkanes of at least 4 members (excludes halogenated alkanes) is 1. The van der Waals surface area contributed by atoms with E-state index in [4.69, 9.17) is 9.29 Å². The molecule has 1 amide bonds. The monoisotopic (exact) mass is 409 g/mol. The van der Waals surface area contributed by atoms with Crippen LogP contribution in [0.1, 0.15) is 52.9 Å². The lowest BCUT2D eigenvalue weighted by Gasteiger charge is -2.25. The number of carbonyl (C=O) groups excluding carboxylic acids is 3. The van der Waals surface area contributed by atoms with Gasteiger partial charge >= 0.3 is 5.97 Å². The van der Waals surface area contributed by atoms with E-state index < -0.39 is 27.4 Å². The minimum absolute atomic E-state index is 0.0311. The number of carbonyl (C=O) groups is 3. The van der Waals surface area contributed by atoms with E-state index in [-0.39, 0.29) is 37.2 Å². The lowest BCUT2D eigenvalue weighted by atomic mass is 9.93. The Bertz CT molecular complexity index is 600. The first kappa shape index (κ1) is 25.5. The van der Waals surface area contributed by atoms with Gasteiger partial charge in [0.15, 0.2) is 0 Å². The van der Waals surface area contributed by atoms with Crippen LogP contribution in [0.15, 0.2) is 0 Å². The molecule has 1 unspecified atom stereocenters. The first-order valence-electron chi connectivity index (χ1n) is 8.77. The molecule has 2 N–H and O–H groups in total. The topological polar surface area (TPSA) is 136 Å². The van der Waals surface area contributed by atoms with E-state index in [2.05, 4.69) is 10.1 Å². The van der Waals surface area contributed by atoms with Crippen LogP contribution < -0.4 is 5.32 Å². The number of hydrogen-bond donors (Lipinski definition) is 2. The second-order valence-corrected chi connectivity index (χ2v) is 8.61. The maximum Gasteiger partial charge on any atom is 0.332 e. The molecule has 0 aliphatic heterocycles. The molecule has 1 atom stereocenters. The Kier molecular flexibility index (Phi) is 11.4.